The molecule has 0 saturated carbocycles. The predicted molar refractivity (Wildman–Crippen MR) is 106 cm³/mol. The molecule has 140 valence electrons. The van der Waals surface area contributed by atoms with Gasteiger partial charge in [-0.1, -0.05) is 6.92 Å². The molecule has 0 aromatic rings. The molecule has 1 amide bonds. The number of piperazine rings is 1. The van der Waals surface area contributed by atoms with Crippen LogP contribution in [0.2, 0.25) is 0 Å². The first-order valence-electron chi connectivity index (χ1n) is 7.99. The van der Waals surface area contributed by atoms with Gasteiger partial charge in [0.2, 0.25) is 5.91 Å². The van der Waals surface area contributed by atoms with Gasteiger partial charge in [0.15, 0.2) is 5.96 Å². The van der Waals surface area contributed by atoms with Crippen LogP contribution in [0.4, 0.5) is 0 Å². The van der Waals surface area contributed by atoms with E-state index >= 15 is 0 Å². The van der Waals surface area contributed by atoms with Crippen LogP contribution in [0.25, 0.3) is 0 Å². The highest BCUT2D eigenvalue weighted by molar-refractivity contribution is 14.0. The van der Waals surface area contributed by atoms with E-state index in [4.69, 9.17) is 4.74 Å². The minimum atomic E-state index is -0.283. The molecule has 24 heavy (non-hydrogen) atoms. The number of guanidine groups is 1. The number of carbonyl (C=O) groups is 2. The molecule has 1 unspecified atom stereocenters. The van der Waals surface area contributed by atoms with Crippen LogP contribution in [0, 0.1) is 5.92 Å². The second kappa shape index (κ2) is 9.43. The quantitative estimate of drug-likeness (QED) is 0.300. The Morgan fingerprint density at radius 1 is 1.38 bits per heavy atom. The number of halogens is 1. The SMILES string of the molecule is CN=C(NCC(C)C(=O)OC)N1CC(=O)N(C(C)C)C(C)(C)C1.I. The van der Waals surface area contributed by atoms with Crippen molar-refractivity contribution in [2.75, 3.05) is 33.8 Å². The maximum Gasteiger partial charge on any atom is 0.310 e. The third-order valence-electron chi connectivity index (χ3n) is 4.02. The van der Waals surface area contributed by atoms with Gasteiger partial charge in [-0.25, -0.2) is 0 Å². The minimum absolute atomic E-state index is 0. The van der Waals surface area contributed by atoms with Gasteiger partial charge in [-0.15, -0.1) is 24.0 Å². The van der Waals surface area contributed by atoms with Crippen LogP contribution in [0.1, 0.15) is 34.6 Å². The first-order valence-corrected chi connectivity index (χ1v) is 7.99. The zero-order valence-corrected chi connectivity index (χ0v) is 18.1. The second-order valence-electron chi connectivity index (χ2n) is 6.88. The van der Waals surface area contributed by atoms with Crippen LogP contribution in [0.3, 0.4) is 0 Å². The maximum atomic E-state index is 12.5. The molecule has 0 aromatic carbocycles. The number of hydrogen-bond donors (Lipinski definition) is 1. The highest BCUT2D eigenvalue weighted by Crippen LogP contribution is 2.24. The van der Waals surface area contributed by atoms with Crippen LogP contribution >= 0.6 is 24.0 Å². The van der Waals surface area contributed by atoms with Gasteiger partial charge in [-0.3, -0.25) is 14.6 Å². The third-order valence-corrected chi connectivity index (χ3v) is 4.02. The molecule has 8 heteroatoms. The molecule has 0 bridgehead atoms. The van der Waals surface area contributed by atoms with E-state index in [9.17, 15) is 9.59 Å². The van der Waals surface area contributed by atoms with E-state index in [0.29, 0.717) is 19.0 Å². The highest BCUT2D eigenvalue weighted by atomic mass is 127. The number of methoxy groups -OCH3 is 1. The van der Waals surface area contributed by atoms with Gasteiger partial charge in [0.05, 0.1) is 25.1 Å². The summed E-state index contributed by atoms with van der Waals surface area (Å²) < 4.78 is 4.72. The molecule has 1 atom stereocenters. The Hall–Kier alpha value is -1.06. The van der Waals surface area contributed by atoms with Crippen molar-refractivity contribution in [1.82, 2.24) is 15.1 Å². The van der Waals surface area contributed by atoms with Crippen molar-refractivity contribution in [1.29, 1.82) is 0 Å². The summed E-state index contributed by atoms with van der Waals surface area (Å²) in [4.78, 5) is 32.1. The van der Waals surface area contributed by atoms with Gasteiger partial charge in [0, 0.05) is 26.2 Å². The van der Waals surface area contributed by atoms with Crippen LogP contribution < -0.4 is 5.32 Å². The zero-order chi connectivity index (χ0) is 17.8. The second-order valence-corrected chi connectivity index (χ2v) is 6.88. The highest BCUT2D eigenvalue weighted by Gasteiger charge is 2.40. The first-order chi connectivity index (χ1) is 10.6. The van der Waals surface area contributed by atoms with E-state index < -0.39 is 0 Å². The Bertz CT molecular complexity index is 480. The van der Waals surface area contributed by atoms with Crippen LogP contribution in [-0.4, -0.2) is 73.0 Å². The standard InChI is InChI=1S/C16H30N4O3.HI/c1-11(2)20-13(21)9-19(10-16(20,4)5)15(17-6)18-8-12(3)14(22)23-7;/h11-12H,8-10H2,1-7H3,(H,17,18);1H. The summed E-state index contributed by atoms with van der Waals surface area (Å²) in [5.41, 5.74) is -0.283. The van der Waals surface area contributed by atoms with E-state index in [1.165, 1.54) is 7.11 Å². The van der Waals surface area contributed by atoms with Crippen molar-refractivity contribution in [2.24, 2.45) is 10.9 Å². The number of hydrogen-bond acceptors (Lipinski definition) is 4. The number of nitrogens with zero attached hydrogens (tertiary/aromatic N) is 3. The van der Waals surface area contributed by atoms with Gasteiger partial charge in [-0.05, 0) is 27.7 Å². The van der Waals surface area contributed by atoms with E-state index in [-0.39, 0.29) is 59.9 Å². The topological polar surface area (TPSA) is 74.2 Å². The molecule has 1 aliphatic heterocycles. The maximum absolute atomic E-state index is 12.5. The monoisotopic (exact) mass is 454 g/mol. The molecule has 1 N–H and O–H groups in total. The Morgan fingerprint density at radius 3 is 2.38 bits per heavy atom. The van der Waals surface area contributed by atoms with Gasteiger partial charge < -0.3 is 19.9 Å². The number of ether oxygens (including phenoxy) is 1. The van der Waals surface area contributed by atoms with Crippen LogP contribution in [0.15, 0.2) is 4.99 Å². The summed E-state index contributed by atoms with van der Waals surface area (Å²) in [5.74, 6) is 0.164. The van der Waals surface area contributed by atoms with Gasteiger partial charge in [0.25, 0.3) is 0 Å². The lowest BCUT2D eigenvalue weighted by molar-refractivity contribution is -0.146. The average molecular weight is 454 g/mol. The number of amides is 1. The van der Waals surface area contributed by atoms with Crippen molar-refractivity contribution < 1.29 is 14.3 Å². The fourth-order valence-corrected chi connectivity index (χ4v) is 3.17. The van der Waals surface area contributed by atoms with Crippen molar-refractivity contribution >= 4 is 41.8 Å². The molecule has 0 aromatic heterocycles. The molecular weight excluding hydrogens is 423 g/mol. The average Bonchev–Trinajstić information content (AvgIpc) is 2.44. The molecular formula is C16H31IN4O3. The lowest BCUT2D eigenvalue weighted by Crippen LogP contribution is -2.66. The van der Waals surface area contributed by atoms with E-state index in [0.717, 1.165) is 0 Å². The van der Waals surface area contributed by atoms with Gasteiger partial charge in [-0.2, -0.15) is 0 Å². The van der Waals surface area contributed by atoms with E-state index in [2.05, 4.69) is 24.2 Å². The van der Waals surface area contributed by atoms with Crippen molar-refractivity contribution in [2.45, 2.75) is 46.2 Å². The van der Waals surface area contributed by atoms with Crippen LogP contribution in [-0.2, 0) is 14.3 Å². The Balaban J connectivity index is 0.00000529. The Morgan fingerprint density at radius 2 is 1.96 bits per heavy atom. The molecule has 1 aliphatic rings. The van der Waals surface area contributed by atoms with E-state index in [1.54, 1.807) is 14.0 Å². The lowest BCUT2D eigenvalue weighted by atomic mass is 9.96. The summed E-state index contributed by atoms with van der Waals surface area (Å²) in [5, 5.41) is 3.16. The largest absolute Gasteiger partial charge is 0.469 e. The summed E-state index contributed by atoms with van der Waals surface area (Å²) in [6, 6.07) is 0.161. The third kappa shape index (κ3) is 5.49. The number of rotatable bonds is 4. The number of carbonyl (C=O) groups excluding carboxylic acids is 2. The minimum Gasteiger partial charge on any atom is -0.469 e. The molecule has 7 nitrogen and oxygen atoms in total. The number of aliphatic imine (C=N–C) groups is 1. The van der Waals surface area contributed by atoms with Crippen LogP contribution in [0.5, 0.6) is 0 Å². The fourth-order valence-electron chi connectivity index (χ4n) is 3.17. The first kappa shape index (κ1) is 22.9. The fraction of sp³-hybridized carbons (Fsp3) is 0.812. The lowest BCUT2D eigenvalue weighted by Gasteiger charge is -2.49. The van der Waals surface area contributed by atoms with Crippen molar-refractivity contribution in [3.8, 4) is 0 Å². The molecule has 1 heterocycles. The summed E-state index contributed by atoms with van der Waals surface area (Å²) in [6.07, 6.45) is 0. The van der Waals surface area contributed by atoms with Crippen molar-refractivity contribution in [3.05, 3.63) is 0 Å². The number of nitrogens with one attached hydrogen (secondary N) is 1. The summed E-state index contributed by atoms with van der Waals surface area (Å²) in [7, 11) is 3.05. The summed E-state index contributed by atoms with van der Waals surface area (Å²) in [6.45, 7) is 11.3. The molecule has 1 fully saturated rings. The summed E-state index contributed by atoms with van der Waals surface area (Å²) >= 11 is 0. The zero-order valence-electron chi connectivity index (χ0n) is 15.8. The van der Waals surface area contributed by atoms with E-state index in [1.807, 2.05) is 23.6 Å². The van der Waals surface area contributed by atoms with Gasteiger partial charge in [0.1, 0.15) is 0 Å². The normalized spacial score (nSPS) is 19.0. The molecule has 0 spiro atoms. The smallest absolute Gasteiger partial charge is 0.310 e. The predicted octanol–water partition coefficient (Wildman–Crippen LogP) is 1.32. The molecule has 1 rings (SSSR count). The molecule has 1 saturated heterocycles. The Kier molecular flexibility index (Phi) is 9.01. The molecule has 0 radical (unpaired) electrons. The Labute approximate surface area is 162 Å². The van der Waals surface area contributed by atoms with Gasteiger partial charge >= 0.3 is 5.97 Å². The van der Waals surface area contributed by atoms with Crippen molar-refractivity contribution in [3.63, 3.8) is 0 Å². The molecule has 0 aliphatic carbocycles. The number of esters is 1.